The van der Waals surface area contributed by atoms with Gasteiger partial charge in [0.15, 0.2) is 5.11 Å². The van der Waals surface area contributed by atoms with Gasteiger partial charge in [0.2, 0.25) is 0 Å². The number of hydrogen-bond acceptors (Lipinski definition) is 4. The van der Waals surface area contributed by atoms with E-state index in [1.54, 1.807) is 0 Å². The highest BCUT2D eigenvalue weighted by molar-refractivity contribution is 7.80. The van der Waals surface area contributed by atoms with E-state index in [9.17, 15) is 10.1 Å². The number of non-ortho nitro benzene ring substituents is 1. The number of nitrogens with zero attached hydrogens (tertiary/aromatic N) is 1. The van der Waals surface area contributed by atoms with Gasteiger partial charge in [-0.05, 0) is 36.8 Å². The third-order valence-electron chi connectivity index (χ3n) is 3.03. The van der Waals surface area contributed by atoms with Crippen molar-refractivity contribution < 1.29 is 9.66 Å². The first-order valence-corrected chi connectivity index (χ1v) is 8.01. The van der Waals surface area contributed by atoms with Gasteiger partial charge in [-0.1, -0.05) is 29.8 Å². The highest BCUT2D eigenvalue weighted by Gasteiger charge is 2.10. The number of nitro groups is 1. The Labute approximate surface area is 149 Å². The Bertz CT molecular complexity index is 713. The molecule has 0 bridgehead atoms. The highest BCUT2D eigenvalue weighted by Crippen LogP contribution is 2.26. The SMILES string of the molecule is O=[N+]([O-])c1ccc(Cl)c(NC(=S)NCCCOc2ccccc2)c1. The smallest absolute Gasteiger partial charge is 0.271 e. The van der Waals surface area contributed by atoms with Crippen molar-refractivity contribution in [3.05, 3.63) is 63.7 Å². The van der Waals surface area contributed by atoms with E-state index in [2.05, 4.69) is 10.6 Å². The van der Waals surface area contributed by atoms with Crippen molar-refractivity contribution in [3.8, 4) is 5.75 Å². The maximum atomic E-state index is 10.8. The van der Waals surface area contributed by atoms with Gasteiger partial charge in [-0.15, -0.1) is 0 Å². The Morgan fingerprint density at radius 3 is 2.71 bits per heavy atom. The number of nitro benzene ring substituents is 1. The van der Waals surface area contributed by atoms with Gasteiger partial charge in [0.25, 0.3) is 5.69 Å². The molecule has 0 amide bonds. The molecule has 0 unspecified atom stereocenters. The minimum atomic E-state index is -0.487. The van der Waals surface area contributed by atoms with Gasteiger partial charge in [-0.25, -0.2) is 0 Å². The number of anilines is 1. The lowest BCUT2D eigenvalue weighted by Gasteiger charge is -2.12. The fraction of sp³-hybridized carbons (Fsp3) is 0.188. The average Bonchev–Trinajstić information content (AvgIpc) is 2.57. The minimum Gasteiger partial charge on any atom is -0.494 e. The zero-order valence-electron chi connectivity index (χ0n) is 12.7. The number of halogens is 1. The molecule has 6 nitrogen and oxygen atoms in total. The quantitative estimate of drug-likeness (QED) is 0.334. The van der Waals surface area contributed by atoms with E-state index >= 15 is 0 Å². The van der Waals surface area contributed by atoms with Crippen molar-refractivity contribution in [2.45, 2.75) is 6.42 Å². The molecule has 2 N–H and O–H groups in total. The van der Waals surface area contributed by atoms with Crippen molar-refractivity contribution in [2.75, 3.05) is 18.5 Å². The van der Waals surface area contributed by atoms with Crippen LogP contribution in [0.5, 0.6) is 5.75 Å². The Balaban J connectivity index is 1.73. The van der Waals surface area contributed by atoms with E-state index in [1.165, 1.54) is 18.2 Å². The fourth-order valence-corrected chi connectivity index (χ4v) is 2.25. The second kappa shape index (κ2) is 9.05. The summed E-state index contributed by atoms with van der Waals surface area (Å²) in [5.74, 6) is 0.821. The van der Waals surface area contributed by atoms with Crippen LogP contribution >= 0.6 is 23.8 Å². The van der Waals surface area contributed by atoms with Crippen LogP contribution in [0.2, 0.25) is 5.02 Å². The summed E-state index contributed by atoms with van der Waals surface area (Å²) in [6.07, 6.45) is 0.749. The van der Waals surface area contributed by atoms with E-state index in [0.717, 1.165) is 12.2 Å². The Hall–Kier alpha value is -2.38. The van der Waals surface area contributed by atoms with Gasteiger partial charge in [0.05, 0.1) is 22.2 Å². The zero-order valence-corrected chi connectivity index (χ0v) is 14.3. The van der Waals surface area contributed by atoms with Crippen molar-refractivity contribution in [2.24, 2.45) is 0 Å². The van der Waals surface area contributed by atoms with Gasteiger partial charge in [-0.3, -0.25) is 10.1 Å². The van der Waals surface area contributed by atoms with E-state index in [-0.39, 0.29) is 5.69 Å². The van der Waals surface area contributed by atoms with Crippen LogP contribution in [-0.4, -0.2) is 23.2 Å². The molecule has 0 fully saturated rings. The fourth-order valence-electron chi connectivity index (χ4n) is 1.87. The summed E-state index contributed by atoms with van der Waals surface area (Å²) < 4.78 is 5.57. The van der Waals surface area contributed by atoms with Crippen molar-refractivity contribution in [1.82, 2.24) is 5.32 Å². The molecule has 24 heavy (non-hydrogen) atoms. The molecule has 8 heteroatoms. The molecule has 0 radical (unpaired) electrons. The lowest BCUT2D eigenvalue weighted by atomic mass is 10.3. The molecule has 0 aliphatic heterocycles. The Morgan fingerprint density at radius 2 is 2.00 bits per heavy atom. The number of thiocarbonyl (C=S) groups is 1. The number of rotatable bonds is 7. The maximum absolute atomic E-state index is 10.8. The lowest BCUT2D eigenvalue weighted by molar-refractivity contribution is -0.384. The zero-order chi connectivity index (χ0) is 17.4. The second-order valence-electron chi connectivity index (χ2n) is 4.82. The van der Waals surface area contributed by atoms with Gasteiger partial charge in [-0.2, -0.15) is 0 Å². The molecule has 0 aliphatic carbocycles. The van der Waals surface area contributed by atoms with Crippen LogP contribution < -0.4 is 15.4 Å². The predicted octanol–water partition coefficient (Wildman–Crippen LogP) is 4.00. The molecule has 0 atom stereocenters. The van der Waals surface area contributed by atoms with Crippen LogP contribution in [0.25, 0.3) is 0 Å². The van der Waals surface area contributed by atoms with Crippen LogP contribution in [-0.2, 0) is 0 Å². The van der Waals surface area contributed by atoms with Gasteiger partial charge >= 0.3 is 0 Å². The Morgan fingerprint density at radius 1 is 1.25 bits per heavy atom. The van der Waals surface area contributed by atoms with Crippen LogP contribution in [0, 0.1) is 10.1 Å². The number of benzene rings is 2. The van der Waals surface area contributed by atoms with Crippen LogP contribution in [0.4, 0.5) is 11.4 Å². The van der Waals surface area contributed by atoms with Gasteiger partial charge in [0, 0.05) is 18.7 Å². The summed E-state index contributed by atoms with van der Waals surface area (Å²) in [7, 11) is 0. The van der Waals surface area contributed by atoms with Crippen molar-refractivity contribution in [1.29, 1.82) is 0 Å². The van der Waals surface area contributed by atoms with Crippen LogP contribution in [0.3, 0.4) is 0 Å². The third kappa shape index (κ3) is 5.68. The largest absolute Gasteiger partial charge is 0.494 e. The van der Waals surface area contributed by atoms with E-state index in [1.807, 2.05) is 30.3 Å². The third-order valence-corrected chi connectivity index (χ3v) is 3.60. The molecule has 0 spiro atoms. The average molecular weight is 366 g/mol. The maximum Gasteiger partial charge on any atom is 0.271 e. The molecule has 0 aliphatic rings. The molecule has 2 rings (SSSR count). The first-order valence-electron chi connectivity index (χ1n) is 7.23. The molecular formula is C16H16ClN3O3S. The summed E-state index contributed by atoms with van der Waals surface area (Å²) in [6, 6.07) is 13.7. The summed E-state index contributed by atoms with van der Waals surface area (Å²) in [6.45, 7) is 1.16. The van der Waals surface area contributed by atoms with E-state index in [0.29, 0.717) is 29.0 Å². The molecule has 0 aromatic heterocycles. The molecule has 0 saturated heterocycles. The second-order valence-corrected chi connectivity index (χ2v) is 5.63. The minimum absolute atomic E-state index is 0.0547. The standard InChI is InChI=1S/C16H16ClN3O3S/c17-14-8-7-12(20(21)22)11-15(14)19-16(24)18-9-4-10-23-13-5-2-1-3-6-13/h1-3,5-8,11H,4,9-10H2,(H2,18,19,24). The topological polar surface area (TPSA) is 76.4 Å². The number of nitrogens with one attached hydrogen (secondary N) is 2. The first-order chi connectivity index (χ1) is 11.6. The van der Waals surface area contributed by atoms with Crippen LogP contribution in [0.15, 0.2) is 48.5 Å². The van der Waals surface area contributed by atoms with Gasteiger partial charge in [0.1, 0.15) is 5.75 Å². The summed E-state index contributed by atoms with van der Waals surface area (Å²) in [5.41, 5.74) is 0.338. The summed E-state index contributed by atoms with van der Waals surface area (Å²) in [5, 5.41) is 17.3. The van der Waals surface area contributed by atoms with Crippen LogP contribution in [0.1, 0.15) is 6.42 Å². The number of ether oxygens (including phenoxy) is 1. The number of para-hydroxylation sites is 1. The molecule has 2 aromatic carbocycles. The monoisotopic (exact) mass is 365 g/mol. The highest BCUT2D eigenvalue weighted by atomic mass is 35.5. The van der Waals surface area contributed by atoms with E-state index in [4.69, 9.17) is 28.6 Å². The van der Waals surface area contributed by atoms with Crippen molar-refractivity contribution in [3.63, 3.8) is 0 Å². The number of hydrogen-bond donors (Lipinski definition) is 2. The predicted molar refractivity (Wildman–Crippen MR) is 98.9 cm³/mol. The summed E-state index contributed by atoms with van der Waals surface area (Å²) in [4.78, 5) is 10.3. The van der Waals surface area contributed by atoms with Gasteiger partial charge < -0.3 is 15.4 Å². The lowest BCUT2D eigenvalue weighted by Crippen LogP contribution is -2.30. The molecule has 2 aromatic rings. The normalized spacial score (nSPS) is 10.0. The van der Waals surface area contributed by atoms with Crippen molar-refractivity contribution >= 4 is 40.3 Å². The Kier molecular flexibility index (Phi) is 6.77. The first kappa shape index (κ1) is 18.0. The summed E-state index contributed by atoms with van der Waals surface area (Å²) >= 11 is 11.2. The molecular weight excluding hydrogens is 350 g/mol. The molecule has 0 heterocycles. The molecule has 0 saturated carbocycles. The van der Waals surface area contributed by atoms with E-state index < -0.39 is 4.92 Å². The molecule has 126 valence electrons.